The molecule has 1 aromatic carbocycles. The minimum Gasteiger partial charge on any atom is -0.490 e. The Morgan fingerprint density at radius 1 is 1.33 bits per heavy atom. The Balaban J connectivity index is 1.64. The highest BCUT2D eigenvalue weighted by molar-refractivity contribution is 7.14. The van der Waals surface area contributed by atoms with Crippen molar-refractivity contribution in [2.45, 2.75) is 19.9 Å². The highest BCUT2D eigenvalue weighted by Crippen LogP contribution is 2.32. The molecule has 3 aromatic heterocycles. The maximum atomic E-state index is 12.6. The maximum Gasteiger partial charge on any atom is 0.338 e. The van der Waals surface area contributed by atoms with Crippen molar-refractivity contribution in [1.29, 1.82) is 0 Å². The summed E-state index contributed by atoms with van der Waals surface area (Å²) in [6.07, 6.45) is 3.20. The van der Waals surface area contributed by atoms with Gasteiger partial charge in [-0.1, -0.05) is 12.1 Å². The zero-order valence-electron chi connectivity index (χ0n) is 14.8. The Kier molecular flexibility index (Phi) is 4.41. The molecule has 0 aliphatic heterocycles. The van der Waals surface area contributed by atoms with Gasteiger partial charge in [-0.2, -0.15) is 3.96 Å². The lowest BCUT2D eigenvalue weighted by Crippen LogP contribution is -2.34. The molecule has 1 amide bonds. The number of carbonyl (C=O) groups is 1. The van der Waals surface area contributed by atoms with Gasteiger partial charge in [0.2, 0.25) is 0 Å². The Labute approximate surface area is 158 Å². The van der Waals surface area contributed by atoms with Crippen LogP contribution in [0, 0.1) is 0 Å². The fraction of sp³-hybridized carbons (Fsp3) is 0.211. The van der Waals surface area contributed by atoms with E-state index >= 15 is 0 Å². The molecule has 0 aliphatic carbocycles. The largest absolute Gasteiger partial charge is 0.490 e. The molecule has 4 aromatic rings. The van der Waals surface area contributed by atoms with E-state index in [2.05, 4.69) is 10.3 Å². The minimum absolute atomic E-state index is 0.360. The van der Waals surface area contributed by atoms with Crippen molar-refractivity contribution in [2.75, 3.05) is 6.61 Å². The average molecular weight is 383 g/mol. The highest BCUT2D eigenvalue weighted by atomic mass is 32.1. The first-order valence-electron chi connectivity index (χ1n) is 8.51. The molecule has 3 heterocycles. The standard InChI is InChI=1S/C19H17N3O4S/c1-3-25-15-8-4-6-12-14(10-26-16(12)15)11(2)21-19(24)22-18(23)13-7-5-9-20-17(13)27-22/h4-11H,3H2,1-2H3,(H,21,24). The van der Waals surface area contributed by atoms with Crippen LogP contribution in [0.3, 0.4) is 0 Å². The van der Waals surface area contributed by atoms with E-state index in [0.717, 1.165) is 26.4 Å². The number of ether oxygens (including phenoxy) is 1. The number of carbonyl (C=O) groups excluding carboxylic acids is 1. The number of hydrogen-bond donors (Lipinski definition) is 1. The van der Waals surface area contributed by atoms with Gasteiger partial charge in [0.05, 0.1) is 24.3 Å². The smallest absolute Gasteiger partial charge is 0.338 e. The number of benzene rings is 1. The summed E-state index contributed by atoms with van der Waals surface area (Å²) in [5.74, 6) is 0.659. The SMILES string of the molecule is CCOc1cccc2c(C(C)NC(=O)n3sc4ncccc4c3=O)coc12. The van der Waals surface area contributed by atoms with Crippen LogP contribution in [0.15, 0.2) is 52.0 Å². The molecule has 4 rings (SSSR count). The van der Waals surface area contributed by atoms with Crippen LogP contribution in [0.4, 0.5) is 4.79 Å². The fourth-order valence-electron chi connectivity index (χ4n) is 2.97. The third-order valence-electron chi connectivity index (χ3n) is 4.25. The van der Waals surface area contributed by atoms with Crippen LogP contribution in [-0.2, 0) is 0 Å². The van der Waals surface area contributed by atoms with Crippen molar-refractivity contribution < 1.29 is 13.9 Å². The first-order valence-corrected chi connectivity index (χ1v) is 9.28. The van der Waals surface area contributed by atoms with Crippen molar-refractivity contribution in [3.8, 4) is 5.75 Å². The van der Waals surface area contributed by atoms with Gasteiger partial charge in [-0.25, -0.2) is 9.78 Å². The zero-order chi connectivity index (χ0) is 19.0. The predicted molar refractivity (Wildman–Crippen MR) is 104 cm³/mol. The van der Waals surface area contributed by atoms with Crippen LogP contribution in [0.5, 0.6) is 5.75 Å². The van der Waals surface area contributed by atoms with Gasteiger partial charge in [0.15, 0.2) is 11.3 Å². The monoisotopic (exact) mass is 383 g/mol. The second-order valence-corrected chi connectivity index (χ2v) is 6.91. The third kappa shape index (κ3) is 2.97. The molecule has 8 heteroatoms. The number of amides is 1. The van der Waals surface area contributed by atoms with Crippen molar-refractivity contribution in [3.63, 3.8) is 0 Å². The molecule has 138 valence electrons. The van der Waals surface area contributed by atoms with Gasteiger partial charge in [-0.05, 0) is 43.6 Å². The minimum atomic E-state index is -0.495. The second kappa shape index (κ2) is 6.88. The molecule has 0 aliphatic rings. The molecular formula is C19H17N3O4S. The van der Waals surface area contributed by atoms with Gasteiger partial charge in [-0.15, -0.1) is 0 Å². The summed E-state index contributed by atoms with van der Waals surface area (Å²) in [4.78, 5) is 29.7. The van der Waals surface area contributed by atoms with Crippen molar-refractivity contribution in [3.05, 3.63) is 58.7 Å². The first kappa shape index (κ1) is 17.3. The van der Waals surface area contributed by atoms with Gasteiger partial charge in [0.25, 0.3) is 5.56 Å². The third-order valence-corrected chi connectivity index (χ3v) is 5.26. The van der Waals surface area contributed by atoms with Crippen molar-refractivity contribution in [2.24, 2.45) is 0 Å². The molecule has 1 atom stereocenters. The van der Waals surface area contributed by atoms with Gasteiger partial charge in [0.1, 0.15) is 4.83 Å². The summed E-state index contributed by atoms with van der Waals surface area (Å²) >= 11 is 1.02. The van der Waals surface area contributed by atoms with Gasteiger partial charge < -0.3 is 14.5 Å². The highest BCUT2D eigenvalue weighted by Gasteiger charge is 2.20. The Morgan fingerprint density at radius 3 is 2.93 bits per heavy atom. The number of pyridine rings is 1. The van der Waals surface area contributed by atoms with Crippen LogP contribution in [0.25, 0.3) is 21.2 Å². The predicted octanol–water partition coefficient (Wildman–Crippen LogP) is 3.92. The molecule has 0 fully saturated rings. The van der Waals surface area contributed by atoms with Crippen LogP contribution in [0.1, 0.15) is 25.5 Å². The van der Waals surface area contributed by atoms with E-state index in [1.165, 1.54) is 0 Å². The molecule has 0 spiro atoms. The van der Waals surface area contributed by atoms with E-state index in [-0.39, 0.29) is 11.6 Å². The number of aromatic nitrogens is 2. The van der Waals surface area contributed by atoms with Gasteiger partial charge in [0, 0.05) is 17.1 Å². The number of fused-ring (bicyclic) bond motifs is 2. The van der Waals surface area contributed by atoms with E-state index in [9.17, 15) is 9.59 Å². The lowest BCUT2D eigenvalue weighted by molar-refractivity contribution is 0.241. The van der Waals surface area contributed by atoms with E-state index in [1.54, 1.807) is 24.6 Å². The fourth-order valence-corrected chi connectivity index (χ4v) is 3.83. The Morgan fingerprint density at radius 2 is 2.15 bits per heavy atom. The molecular weight excluding hydrogens is 366 g/mol. The molecule has 0 saturated heterocycles. The molecule has 0 saturated carbocycles. The topological polar surface area (TPSA) is 86.4 Å². The second-order valence-electron chi connectivity index (χ2n) is 5.98. The van der Waals surface area contributed by atoms with Crippen molar-refractivity contribution >= 4 is 38.7 Å². The number of nitrogens with zero attached hydrogens (tertiary/aromatic N) is 2. The van der Waals surface area contributed by atoms with E-state index < -0.39 is 6.03 Å². The summed E-state index contributed by atoms with van der Waals surface area (Å²) in [6.45, 7) is 4.28. The lowest BCUT2D eigenvalue weighted by Gasteiger charge is -2.12. The molecule has 27 heavy (non-hydrogen) atoms. The van der Waals surface area contributed by atoms with Crippen LogP contribution >= 0.6 is 11.5 Å². The Hall–Kier alpha value is -3.13. The van der Waals surface area contributed by atoms with E-state index in [1.807, 2.05) is 32.0 Å². The molecule has 0 radical (unpaired) electrons. The van der Waals surface area contributed by atoms with Crippen LogP contribution < -0.4 is 15.6 Å². The maximum absolute atomic E-state index is 12.6. The molecule has 1 N–H and O–H groups in total. The Bertz CT molecular complexity index is 1190. The number of hydrogen-bond acceptors (Lipinski definition) is 6. The summed E-state index contributed by atoms with van der Waals surface area (Å²) in [6, 6.07) is 8.11. The quantitative estimate of drug-likeness (QED) is 0.577. The average Bonchev–Trinajstić information content (AvgIpc) is 3.25. The molecule has 0 bridgehead atoms. The number of nitrogens with one attached hydrogen (secondary N) is 1. The van der Waals surface area contributed by atoms with E-state index in [0.29, 0.717) is 28.2 Å². The normalized spacial score (nSPS) is 12.4. The first-order chi connectivity index (χ1) is 13.1. The van der Waals surface area contributed by atoms with E-state index in [4.69, 9.17) is 9.15 Å². The van der Waals surface area contributed by atoms with Crippen LogP contribution in [0.2, 0.25) is 0 Å². The molecule has 7 nitrogen and oxygen atoms in total. The lowest BCUT2D eigenvalue weighted by atomic mass is 10.1. The number of rotatable bonds is 4. The molecule has 1 unspecified atom stereocenters. The summed E-state index contributed by atoms with van der Waals surface area (Å²) in [7, 11) is 0. The van der Waals surface area contributed by atoms with Crippen LogP contribution in [-0.4, -0.2) is 21.6 Å². The van der Waals surface area contributed by atoms with Gasteiger partial charge in [-0.3, -0.25) is 4.79 Å². The number of furan rings is 1. The number of para-hydroxylation sites is 1. The summed E-state index contributed by atoms with van der Waals surface area (Å²) in [5.41, 5.74) is 1.08. The van der Waals surface area contributed by atoms with Crippen molar-refractivity contribution in [1.82, 2.24) is 14.3 Å². The van der Waals surface area contributed by atoms with Gasteiger partial charge >= 0.3 is 6.03 Å². The summed E-state index contributed by atoms with van der Waals surface area (Å²) in [5, 5.41) is 4.14. The zero-order valence-corrected chi connectivity index (χ0v) is 15.6. The summed E-state index contributed by atoms with van der Waals surface area (Å²) < 4.78 is 12.3.